The van der Waals surface area contributed by atoms with E-state index in [2.05, 4.69) is 0 Å². The molecular formula is C9H9B. The first-order chi connectivity index (χ1) is 4.83. The van der Waals surface area contributed by atoms with Crippen LogP contribution in [0, 0.1) is 0 Å². The van der Waals surface area contributed by atoms with Crippen molar-refractivity contribution in [3.63, 3.8) is 0 Å². The summed E-state index contributed by atoms with van der Waals surface area (Å²) in [5.74, 6) is 0. The summed E-state index contributed by atoms with van der Waals surface area (Å²) in [6.45, 7) is 1.99. The molecular weight excluding hydrogens is 119 g/mol. The van der Waals surface area contributed by atoms with Crippen LogP contribution in [-0.4, -0.2) is 7.85 Å². The molecule has 0 N–H and O–H groups in total. The average Bonchev–Trinajstić information content (AvgIpc) is 1.88. The second-order valence-electron chi connectivity index (χ2n) is 2.17. The largest absolute Gasteiger partial charge is 0.113 e. The van der Waals surface area contributed by atoms with Gasteiger partial charge in [-0.1, -0.05) is 41.9 Å². The van der Waals surface area contributed by atoms with Crippen LogP contribution in [0.2, 0.25) is 0 Å². The van der Waals surface area contributed by atoms with Crippen LogP contribution < -0.4 is 5.46 Å². The van der Waals surface area contributed by atoms with Crippen LogP contribution in [0.5, 0.6) is 0 Å². The van der Waals surface area contributed by atoms with Crippen molar-refractivity contribution in [3.8, 4) is 0 Å². The SMILES string of the molecule is [B]c1cccc(/C=C\C)c1. The lowest BCUT2D eigenvalue weighted by atomic mass is 9.94. The van der Waals surface area contributed by atoms with Crippen LogP contribution in [0.4, 0.5) is 0 Å². The molecule has 0 saturated carbocycles. The zero-order chi connectivity index (χ0) is 7.40. The summed E-state index contributed by atoms with van der Waals surface area (Å²) >= 11 is 0. The third kappa shape index (κ3) is 1.76. The fourth-order valence-electron chi connectivity index (χ4n) is 0.855. The highest BCUT2D eigenvalue weighted by Crippen LogP contribution is 1.97. The molecule has 1 aromatic rings. The van der Waals surface area contributed by atoms with Crippen molar-refractivity contribution in [3.05, 3.63) is 35.9 Å². The first kappa shape index (κ1) is 7.14. The van der Waals surface area contributed by atoms with Gasteiger partial charge in [0.1, 0.15) is 7.85 Å². The van der Waals surface area contributed by atoms with E-state index in [9.17, 15) is 0 Å². The fourth-order valence-corrected chi connectivity index (χ4v) is 0.855. The van der Waals surface area contributed by atoms with Crippen LogP contribution in [0.1, 0.15) is 12.5 Å². The van der Waals surface area contributed by atoms with E-state index in [1.54, 1.807) is 0 Å². The maximum atomic E-state index is 5.55. The molecule has 0 aliphatic heterocycles. The summed E-state index contributed by atoms with van der Waals surface area (Å²) < 4.78 is 0. The Morgan fingerprint density at radius 2 is 2.20 bits per heavy atom. The average molecular weight is 128 g/mol. The van der Waals surface area contributed by atoms with Crippen molar-refractivity contribution >= 4 is 19.4 Å². The quantitative estimate of drug-likeness (QED) is 0.503. The molecule has 10 heavy (non-hydrogen) atoms. The predicted octanol–water partition coefficient (Wildman–Crippen LogP) is 1.51. The molecule has 0 aliphatic rings. The van der Waals surface area contributed by atoms with Crippen LogP contribution in [0.15, 0.2) is 30.3 Å². The molecule has 48 valence electrons. The highest BCUT2D eigenvalue weighted by molar-refractivity contribution is 6.32. The first-order valence-corrected chi connectivity index (χ1v) is 3.31. The Bertz CT molecular complexity index is 238. The van der Waals surface area contributed by atoms with Gasteiger partial charge in [0.05, 0.1) is 0 Å². The first-order valence-electron chi connectivity index (χ1n) is 3.31. The minimum absolute atomic E-state index is 0.815. The topological polar surface area (TPSA) is 0 Å². The summed E-state index contributed by atoms with van der Waals surface area (Å²) in [6, 6.07) is 7.80. The Morgan fingerprint density at radius 3 is 2.80 bits per heavy atom. The lowest BCUT2D eigenvalue weighted by molar-refractivity contribution is 1.68. The van der Waals surface area contributed by atoms with Gasteiger partial charge in [-0.15, -0.1) is 0 Å². The summed E-state index contributed by atoms with van der Waals surface area (Å²) in [5, 5.41) is 0. The van der Waals surface area contributed by atoms with Gasteiger partial charge in [0.15, 0.2) is 0 Å². The number of hydrogen-bond donors (Lipinski definition) is 0. The summed E-state index contributed by atoms with van der Waals surface area (Å²) in [5.41, 5.74) is 1.97. The van der Waals surface area contributed by atoms with Crippen molar-refractivity contribution in [1.29, 1.82) is 0 Å². The third-order valence-corrected chi connectivity index (χ3v) is 1.27. The van der Waals surface area contributed by atoms with E-state index in [0.29, 0.717) is 0 Å². The number of hydrogen-bond acceptors (Lipinski definition) is 0. The second-order valence-corrected chi connectivity index (χ2v) is 2.17. The summed E-state index contributed by atoms with van der Waals surface area (Å²) in [6.07, 6.45) is 4.02. The Hall–Kier alpha value is -0.975. The van der Waals surface area contributed by atoms with Gasteiger partial charge in [0, 0.05) is 0 Å². The molecule has 1 rings (SSSR count). The van der Waals surface area contributed by atoms with E-state index in [1.807, 2.05) is 43.3 Å². The minimum atomic E-state index is 0.815. The predicted molar refractivity (Wildman–Crippen MR) is 46.5 cm³/mol. The lowest BCUT2D eigenvalue weighted by Crippen LogP contribution is -1.99. The van der Waals surface area contributed by atoms with Gasteiger partial charge in [0.2, 0.25) is 0 Å². The Morgan fingerprint density at radius 1 is 1.40 bits per heavy atom. The zero-order valence-corrected chi connectivity index (χ0v) is 6.04. The number of rotatable bonds is 1. The highest BCUT2D eigenvalue weighted by Gasteiger charge is 1.84. The Labute approximate surface area is 63.0 Å². The summed E-state index contributed by atoms with van der Waals surface area (Å²) in [7, 11) is 5.55. The van der Waals surface area contributed by atoms with Crippen molar-refractivity contribution in [2.45, 2.75) is 6.92 Å². The van der Waals surface area contributed by atoms with Gasteiger partial charge in [-0.25, -0.2) is 0 Å². The van der Waals surface area contributed by atoms with E-state index >= 15 is 0 Å². The van der Waals surface area contributed by atoms with Gasteiger partial charge in [-0.3, -0.25) is 0 Å². The van der Waals surface area contributed by atoms with Crippen molar-refractivity contribution < 1.29 is 0 Å². The third-order valence-electron chi connectivity index (χ3n) is 1.27. The Kier molecular flexibility index (Phi) is 2.32. The van der Waals surface area contributed by atoms with Gasteiger partial charge in [-0.2, -0.15) is 0 Å². The van der Waals surface area contributed by atoms with Crippen LogP contribution >= 0.6 is 0 Å². The van der Waals surface area contributed by atoms with Gasteiger partial charge < -0.3 is 0 Å². The smallest absolute Gasteiger partial charge is 0.0961 e. The molecule has 0 atom stereocenters. The maximum Gasteiger partial charge on any atom is 0.113 e. The van der Waals surface area contributed by atoms with Crippen LogP contribution in [-0.2, 0) is 0 Å². The van der Waals surface area contributed by atoms with E-state index in [4.69, 9.17) is 7.85 Å². The lowest BCUT2D eigenvalue weighted by Gasteiger charge is -1.93. The molecule has 1 heteroatoms. The molecule has 0 aromatic heterocycles. The molecule has 0 heterocycles. The summed E-state index contributed by atoms with van der Waals surface area (Å²) in [4.78, 5) is 0. The number of allylic oxidation sites excluding steroid dienone is 1. The van der Waals surface area contributed by atoms with Crippen LogP contribution in [0.25, 0.3) is 6.08 Å². The van der Waals surface area contributed by atoms with Crippen molar-refractivity contribution in [2.75, 3.05) is 0 Å². The molecule has 0 spiro atoms. The van der Waals surface area contributed by atoms with E-state index in [0.717, 1.165) is 11.0 Å². The molecule has 0 aliphatic carbocycles. The maximum absolute atomic E-state index is 5.55. The molecule has 0 nitrogen and oxygen atoms in total. The molecule has 0 bridgehead atoms. The molecule has 1 aromatic carbocycles. The van der Waals surface area contributed by atoms with Crippen LogP contribution in [0.3, 0.4) is 0 Å². The van der Waals surface area contributed by atoms with Gasteiger partial charge in [0.25, 0.3) is 0 Å². The van der Waals surface area contributed by atoms with Gasteiger partial charge in [-0.05, 0) is 12.5 Å². The molecule has 0 amide bonds. The van der Waals surface area contributed by atoms with E-state index < -0.39 is 0 Å². The standard InChI is InChI=1S/C9H9B/c1-2-4-8-5-3-6-9(10)7-8/h2-7H,1H3/b4-2-. The van der Waals surface area contributed by atoms with E-state index in [-0.39, 0.29) is 0 Å². The zero-order valence-electron chi connectivity index (χ0n) is 6.04. The molecule has 2 radical (unpaired) electrons. The van der Waals surface area contributed by atoms with Gasteiger partial charge >= 0.3 is 0 Å². The Balaban J connectivity index is 2.95. The second kappa shape index (κ2) is 3.26. The molecule has 0 saturated heterocycles. The normalized spacial score (nSPS) is 10.5. The van der Waals surface area contributed by atoms with E-state index in [1.165, 1.54) is 0 Å². The minimum Gasteiger partial charge on any atom is -0.0961 e. The fraction of sp³-hybridized carbons (Fsp3) is 0.111. The molecule has 0 unspecified atom stereocenters. The monoisotopic (exact) mass is 128 g/mol. The van der Waals surface area contributed by atoms with Crippen molar-refractivity contribution in [2.24, 2.45) is 0 Å². The highest BCUT2D eigenvalue weighted by atomic mass is 13.9. The molecule has 0 fully saturated rings. The number of benzene rings is 1. The van der Waals surface area contributed by atoms with Crippen molar-refractivity contribution in [1.82, 2.24) is 0 Å².